The minimum absolute atomic E-state index is 0.194. The first-order valence-electron chi connectivity index (χ1n) is 4.03. The average Bonchev–Trinajstić information content (AvgIpc) is 2.49. The molecule has 2 nitrogen and oxygen atoms in total. The highest BCUT2D eigenvalue weighted by molar-refractivity contribution is 14.1. The minimum atomic E-state index is -1.87. The lowest BCUT2D eigenvalue weighted by Gasteiger charge is -2.18. The van der Waals surface area contributed by atoms with Crippen LogP contribution < -0.4 is 0 Å². The molecule has 1 rings (SSSR count). The smallest absolute Gasteiger partial charge is 0.307 e. The fraction of sp³-hybridized carbons (Fsp3) is 0.875. The Morgan fingerprint density at radius 1 is 1.71 bits per heavy atom. The molecule has 1 aliphatic carbocycles. The Bertz CT molecular complexity index is 265. The van der Waals surface area contributed by atoms with Crippen LogP contribution in [-0.2, 0) is 4.79 Å². The predicted molar refractivity (Wildman–Crippen MR) is 69.9 cm³/mol. The number of carboxylic acid groups (broad SMARTS) is 1. The first kappa shape index (κ1) is 13.2. The molecule has 0 radical (unpaired) electrons. The third-order valence-corrected chi connectivity index (χ3v) is 6.90. The maximum atomic E-state index is 13.4. The molecule has 1 aliphatic rings. The van der Waals surface area contributed by atoms with Gasteiger partial charge < -0.3 is 5.11 Å². The summed E-state index contributed by atoms with van der Waals surface area (Å²) in [7, 11) is 0. The monoisotopic (exact) mass is 446 g/mol. The summed E-state index contributed by atoms with van der Waals surface area (Å²) in [6.45, 7) is 3.67. The third-order valence-electron chi connectivity index (χ3n) is 2.80. The summed E-state index contributed by atoms with van der Waals surface area (Å²) in [5.74, 6) is -1.54. The molecule has 82 valence electrons. The van der Waals surface area contributed by atoms with E-state index in [1.807, 2.05) is 36.4 Å². The molecule has 6 heteroatoms. The van der Waals surface area contributed by atoms with Crippen LogP contribution in [0.25, 0.3) is 0 Å². The van der Waals surface area contributed by atoms with Crippen molar-refractivity contribution in [2.24, 2.45) is 17.3 Å². The lowest BCUT2D eigenvalue weighted by atomic mass is 10.1. The number of carbonyl (C=O) groups is 1. The number of aliphatic carboxylic acids is 1. The van der Waals surface area contributed by atoms with Crippen LogP contribution in [0, 0.1) is 17.3 Å². The molecule has 0 amide bonds. The summed E-state index contributed by atoms with van der Waals surface area (Å²) < 4.78 is 11.0. The zero-order chi connectivity index (χ0) is 11.3. The van der Waals surface area contributed by atoms with Gasteiger partial charge in [-0.05, 0) is 33.9 Å². The van der Waals surface area contributed by atoms with Gasteiger partial charge >= 0.3 is 5.97 Å². The summed E-state index contributed by atoms with van der Waals surface area (Å²) >= 11 is 8.94. The van der Waals surface area contributed by atoms with E-state index >= 15 is 0 Å². The Morgan fingerprint density at radius 2 is 2.14 bits per heavy atom. The van der Waals surface area contributed by atoms with E-state index < -0.39 is 18.9 Å². The van der Waals surface area contributed by atoms with Gasteiger partial charge in [0, 0.05) is 0 Å². The Balaban J connectivity index is 2.79. The molecule has 14 heavy (non-hydrogen) atoms. The normalized spacial score (nSPS) is 35.9. The van der Waals surface area contributed by atoms with Gasteiger partial charge in [0.05, 0.1) is 9.84 Å². The fourth-order valence-electron chi connectivity index (χ4n) is 1.90. The second-order valence-electron chi connectivity index (χ2n) is 4.11. The molecule has 1 saturated carbocycles. The highest BCUT2D eigenvalue weighted by atomic mass is 127. The maximum absolute atomic E-state index is 13.4. The number of hydrogen-bond donors (Lipinski definition) is 1. The number of alkyl halides is 4. The predicted octanol–water partition coefficient (Wildman–Crippen LogP) is 3.44. The van der Waals surface area contributed by atoms with Gasteiger partial charge in [-0.3, -0.25) is 4.79 Å². The first-order valence-corrected chi connectivity index (χ1v) is 6.74. The van der Waals surface area contributed by atoms with E-state index in [1.165, 1.54) is 22.6 Å². The molecule has 1 N–H and O–H groups in total. The van der Waals surface area contributed by atoms with Crippen molar-refractivity contribution in [2.75, 3.05) is 0 Å². The van der Waals surface area contributed by atoms with E-state index in [0.717, 1.165) is 0 Å². The molecular formula is C8H10ClFI2O2. The standard InChI is InChI=1S/C8H10ClFI2O2/c1-7(2)3(4(7)6(13)14)5(11)8(9,10)12/h3-5H,1-2H3,(H,13,14). The van der Waals surface area contributed by atoms with Gasteiger partial charge in [0.25, 0.3) is 0 Å². The molecule has 0 heterocycles. The van der Waals surface area contributed by atoms with Crippen molar-refractivity contribution in [3.05, 3.63) is 0 Å². The number of halogens is 4. The van der Waals surface area contributed by atoms with Gasteiger partial charge in [-0.15, -0.1) is 0 Å². The van der Waals surface area contributed by atoms with Gasteiger partial charge in [0.15, 0.2) is 0 Å². The van der Waals surface area contributed by atoms with E-state index in [-0.39, 0.29) is 11.3 Å². The van der Waals surface area contributed by atoms with E-state index in [9.17, 15) is 9.18 Å². The summed E-state index contributed by atoms with van der Waals surface area (Å²) in [5, 5.41) is 8.90. The van der Waals surface area contributed by atoms with Crippen LogP contribution in [0.15, 0.2) is 0 Å². The molecule has 0 aromatic carbocycles. The van der Waals surface area contributed by atoms with Crippen LogP contribution in [-0.4, -0.2) is 18.1 Å². The van der Waals surface area contributed by atoms with Crippen molar-refractivity contribution in [2.45, 2.75) is 20.9 Å². The molecule has 4 atom stereocenters. The molecule has 0 bridgehead atoms. The van der Waals surface area contributed by atoms with Crippen LogP contribution in [0.1, 0.15) is 13.8 Å². The SMILES string of the molecule is CC1(C)C(C(=O)O)C1C(I)C(F)(Cl)I. The van der Waals surface area contributed by atoms with Crippen LogP contribution in [0.3, 0.4) is 0 Å². The molecule has 0 saturated heterocycles. The average molecular weight is 446 g/mol. The fourth-order valence-corrected chi connectivity index (χ4v) is 3.76. The maximum Gasteiger partial charge on any atom is 0.307 e. The van der Waals surface area contributed by atoms with E-state index in [4.69, 9.17) is 16.7 Å². The lowest BCUT2D eigenvalue weighted by Crippen LogP contribution is -2.24. The number of carboxylic acids is 1. The van der Waals surface area contributed by atoms with Crippen molar-refractivity contribution < 1.29 is 14.3 Å². The lowest BCUT2D eigenvalue weighted by molar-refractivity contribution is -0.139. The van der Waals surface area contributed by atoms with Crippen molar-refractivity contribution >= 4 is 62.8 Å². The van der Waals surface area contributed by atoms with Gasteiger partial charge in [-0.1, -0.05) is 48.0 Å². The van der Waals surface area contributed by atoms with Crippen LogP contribution in [0.4, 0.5) is 4.39 Å². The Morgan fingerprint density at radius 3 is 2.36 bits per heavy atom. The van der Waals surface area contributed by atoms with Crippen LogP contribution >= 0.6 is 56.8 Å². The Kier molecular flexibility index (Phi) is 3.65. The van der Waals surface area contributed by atoms with Crippen molar-refractivity contribution in [3.8, 4) is 0 Å². The third kappa shape index (κ3) is 2.28. The largest absolute Gasteiger partial charge is 0.481 e. The molecule has 0 spiro atoms. The van der Waals surface area contributed by atoms with Crippen molar-refractivity contribution in [1.29, 1.82) is 0 Å². The quantitative estimate of drug-likeness (QED) is 0.533. The van der Waals surface area contributed by atoms with Gasteiger partial charge in [-0.25, -0.2) is 4.39 Å². The molecule has 0 aliphatic heterocycles. The van der Waals surface area contributed by atoms with Gasteiger partial charge in [-0.2, -0.15) is 0 Å². The van der Waals surface area contributed by atoms with Gasteiger partial charge in [0.2, 0.25) is 3.13 Å². The molecule has 0 aromatic rings. The summed E-state index contributed by atoms with van der Waals surface area (Å²) in [6.07, 6.45) is 0. The highest BCUT2D eigenvalue weighted by Gasteiger charge is 2.67. The second kappa shape index (κ2) is 3.87. The summed E-state index contributed by atoms with van der Waals surface area (Å²) in [5.41, 5.74) is -0.352. The first-order chi connectivity index (χ1) is 6.10. The molecular weight excluding hydrogens is 436 g/mol. The summed E-state index contributed by atoms with van der Waals surface area (Å²) in [4.78, 5) is 10.8. The zero-order valence-electron chi connectivity index (χ0n) is 7.60. The van der Waals surface area contributed by atoms with E-state index in [0.29, 0.717) is 0 Å². The molecule has 1 fully saturated rings. The Labute approximate surface area is 114 Å². The molecule has 0 aromatic heterocycles. The Hall–Kier alpha value is 1.15. The van der Waals surface area contributed by atoms with E-state index in [1.54, 1.807) is 0 Å². The number of hydrogen-bond acceptors (Lipinski definition) is 1. The van der Waals surface area contributed by atoms with Crippen LogP contribution in [0.5, 0.6) is 0 Å². The van der Waals surface area contributed by atoms with E-state index in [2.05, 4.69) is 0 Å². The molecule has 4 unspecified atom stereocenters. The highest BCUT2D eigenvalue weighted by Crippen LogP contribution is 2.64. The zero-order valence-corrected chi connectivity index (χ0v) is 12.7. The van der Waals surface area contributed by atoms with Crippen LogP contribution in [0.2, 0.25) is 0 Å². The van der Waals surface area contributed by atoms with Crippen molar-refractivity contribution in [1.82, 2.24) is 0 Å². The topological polar surface area (TPSA) is 37.3 Å². The number of rotatable bonds is 3. The second-order valence-corrected chi connectivity index (χ2v) is 8.21. The van der Waals surface area contributed by atoms with Gasteiger partial charge in [0.1, 0.15) is 0 Å². The van der Waals surface area contributed by atoms with Crippen molar-refractivity contribution in [3.63, 3.8) is 0 Å². The minimum Gasteiger partial charge on any atom is -0.481 e. The summed E-state index contributed by atoms with van der Waals surface area (Å²) in [6, 6.07) is 0.